The molecule has 1 fully saturated rings. The number of aromatic nitrogens is 2. The molecule has 7 nitrogen and oxygen atoms in total. The zero-order valence-corrected chi connectivity index (χ0v) is 27.1. The van der Waals surface area contributed by atoms with Crippen LogP contribution >= 0.6 is 23.4 Å². The number of aryl methyl sites for hydroxylation is 1. The minimum Gasteiger partial charge on any atom is -0.362 e. The van der Waals surface area contributed by atoms with Crippen LogP contribution in [-0.4, -0.2) is 53.6 Å². The topological polar surface area (TPSA) is 87.2 Å². The summed E-state index contributed by atoms with van der Waals surface area (Å²) in [6.45, 7) is 2.60. The number of ketones is 1. The maximum atomic E-state index is 13.4. The van der Waals surface area contributed by atoms with Crippen molar-refractivity contribution < 1.29 is 9.59 Å². The lowest BCUT2D eigenvalue weighted by molar-refractivity contribution is -0.120. The molecule has 0 bridgehead atoms. The van der Waals surface area contributed by atoms with E-state index < -0.39 is 5.25 Å². The molecule has 0 aliphatic heterocycles. The van der Waals surface area contributed by atoms with Gasteiger partial charge in [0, 0.05) is 54.8 Å². The predicted molar refractivity (Wildman–Crippen MR) is 183 cm³/mol. The Hall–Kier alpha value is -3.62. The van der Waals surface area contributed by atoms with E-state index in [-0.39, 0.29) is 24.2 Å². The van der Waals surface area contributed by atoms with Crippen LogP contribution in [0.4, 0.5) is 11.8 Å². The summed E-state index contributed by atoms with van der Waals surface area (Å²) in [5.74, 6) is 2.47. The zero-order chi connectivity index (χ0) is 31.1. The van der Waals surface area contributed by atoms with E-state index in [9.17, 15) is 9.59 Å². The number of amides is 1. The summed E-state index contributed by atoms with van der Waals surface area (Å²) in [7, 11) is 3.99. The number of anilines is 2. The van der Waals surface area contributed by atoms with Gasteiger partial charge in [-0.1, -0.05) is 65.7 Å². The molecule has 1 atom stereocenters. The minimum atomic E-state index is -0.478. The molecule has 9 heteroatoms. The van der Waals surface area contributed by atoms with Crippen molar-refractivity contribution in [2.75, 3.05) is 30.9 Å². The summed E-state index contributed by atoms with van der Waals surface area (Å²) in [6.07, 6.45) is 4.11. The lowest BCUT2D eigenvalue weighted by atomic mass is 9.86. The summed E-state index contributed by atoms with van der Waals surface area (Å²) >= 11 is 7.55. The number of nitrogens with one attached hydrogen (secondary N) is 2. The summed E-state index contributed by atoms with van der Waals surface area (Å²) in [6, 6.07) is 23.5. The van der Waals surface area contributed by atoms with Crippen LogP contribution in [0.1, 0.15) is 53.6 Å². The molecule has 2 N–H and O–H groups in total. The fraction of sp³-hybridized carbons (Fsp3) is 0.371. The Morgan fingerprint density at radius 1 is 0.955 bits per heavy atom. The highest BCUT2D eigenvalue weighted by Gasteiger charge is 2.26. The molecule has 1 amide bonds. The number of para-hydroxylation sites is 1. The summed E-state index contributed by atoms with van der Waals surface area (Å²) < 4.78 is 0. The van der Waals surface area contributed by atoms with Crippen molar-refractivity contribution in [3.8, 4) is 0 Å². The van der Waals surface area contributed by atoms with Gasteiger partial charge in [-0.15, -0.1) is 11.8 Å². The summed E-state index contributed by atoms with van der Waals surface area (Å²) in [5, 5.41) is 7.98. The van der Waals surface area contributed by atoms with Crippen LogP contribution in [-0.2, 0) is 10.5 Å². The second kappa shape index (κ2) is 14.9. The molecule has 1 aliphatic rings. The van der Waals surface area contributed by atoms with Gasteiger partial charge in [0.25, 0.3) is 0 Å². The highest BCUT2D eigenvalue weighted by atomic mass is 35.5. The van der Waals surface area contributed by atoms with Crippen molar-refractivity contribution >= 4 is 57.7 Å². The Labute approximate surface area is 269 Å². The largest absolute Gasteiger partial charge is 0.362 e. The molecular weight excluding hydrogens is 590 g/mol. The van der Waals surface area contributed by atoms with Gasteiger partial charge in [0.15, 0.2) is 5.78 Å². The molecule has 4 aromatic rings. The SMILES string of the molecule is Cc1ccc(C(=O)CC(SCc2ccc(Cl)cc2)C(=O)NC[C@H]2CC[C@@H](Nc3nc(N(C)C)c4ccccc4n3)CC2)cc1. The van der Waals surface area contributed by atoms with Gasteiger partial charge in [-0.2, -0.15) is 4.98 Å². The highest BCUT2D eigenvalue weighted by Crippen LogP contribution is 2.29. The van der Waals surface area contributed by atoms with Crippen molar-refractivity contribution in [3.05, 3.63) is 94.5 Å². The third-order valence-electron chi connectivity index (χ3n) is 8.15. The fourth-order valence-corrected chi connectivity index (χ4v) is 6.76. The molecule has 1 unspecified atom stereocenters. The van der Waals surface area contributed by atoms with Crippen molar-refractivity contribution in [1.29, 1.82) is 0 Å². The van der Waals surface area contributed by atoms with Gasteiger partial charge in [-0.05, 0) is 68.4 Å². The molecule has 44 heavy (non-hydrogen) atoms. The van der Waals surface area contributed by atoms with Crippen LogP contribution in [0.5, 0.6) is 0 Å². The number of benzene rings is 3. The Bertz CT molecular complexity index is 1570. The van der Waals surface area contributed by atoms with Crippen molar-refractivity contribution in [3.63, 3.8) is 0 Å². The number of hydrogen-bond donors (Lipinski definition) is 2. The summed E-state index contributed by atoms with van der Waals surface area (Å²) in [5.41, 5.74) is 3.73. The van der Waals surface area contributed by atoms with Gasteiger partial charge >= 0.3 is 0 Å². The maximum Gasteiger partial charge on any atom is 0.233 e. The van der Waals surface area contributed by atoms with Crippen LogP contribution in [0.25, 0.3) is 10.9 Å². The first-order valence-corrected chi connectivity index (χ1v) is 16.6. The van der Waals surface area contributed by atoms with Crippen molar-refractivity contribution in [2.45, 2.75) is 56.1 Å². The van der Waals surface area contributed by atoms with Crippen LogP contribution in [0.2, 0.25) is 5.02 Å². The van der Waals surface area contributed by atoms with Gasteiger partial charge in [-0.25, -0.2) is 4.98 Å². The standard InChI is InChI=1S/C35H40ClN5O2S/c1-23-8-14-26(15-9-23)31(42)20-32(44-22-25-10-16-27(36)17-11-25)34(43)37-21-24-12-18-28(19-13-24)38-35-39-30-7-5-4-6-29(30)33(40-35)41(2)3/h4-11,14-17,24,28,32H,12-13,18-22H2,1-3H3,(H,37,43)(H,38,39,40)/t24-,28+,32?. The van der Waals surface area contributed by atoms with Crippen LogP contribution in [0.15, 0.2) is 72.8 Å². The molecule has 0 saturated heterocycles. The zero-order valence-electron chi connectivity index (χ0n) is 25.6. The van der Waals surface area contributed by atoms with Crippen LogP contribution in [0.3, 0.4) is 0 Å². The molecule has 1 aliphatic carbocycles. The van der Waals surface area contributed by atoms with E-state index in [1.165, 1.54) is 11.8 Å². The van der Waals surface area contributed by atoms with E-state index >= 15 is 0 Å². The molecule has 3 aromatic carbocycles. The first-order valence-electron chi connectivity index (χ1n) is 15.2. The van der Waals surface area contributed by atoms with Gasteiger partial charge in [-0.3, -0.25) is 9.59 Å². The summed E-state index contributed by atoms with van der Waals surface area (Å²) in [4.78, 5) is 38.1. The Morgan fingerprint density at radius 3 is 2.36 bits per heavy atom. The second-order valence-corrected chi connectivity index (χ2v) is 13.4. The highest BCUT2D eigenvalue weighted by molar-refractivity contribution is 7.99. The van der Waals surface area contributed by atoms with E-state index in [1.807, 2.05) is 98.7 Å². The number of hydrogen-bond acceptors (Lipinski definition) is 7. The number of halogens is 1. The number of fused-ring (bicyclic) bond motifs is 1. The van der Waals surface area contributed by atoms with Crippen molar-refractivity contribution in [2.24, 2.45) is 5.92 Å². The average molecular weight is 630 g/mol. The van der Waals surface area contributed by atoms with Gasteiger partial charge < -0.3 is 15.5 Å². The lowest BCUT2D eigenvalue weighted by Gasteiger charge is -2.30. The van der Waals surface area contributed by atoms with E-state index in [1.54, 1.807) is 0 Å². The van der Waals surface area contributed by atoms with Crippen molar-refractivity contribution in [1.82, 2.24) is 15.3 Å². The molecule has 1 heterocycles. The molecule has 1 aromatic heterocycles. The van der Waals surface area contributed by atoms with Gasteiger partial charge in [0.1, 0.15) is 5.82 Å². The lowest BCUT2D eigenvalue weighted by Crippen LogP contribution is -2.39. The predicted octanol–water partition coefficient (Wildman–Crippen LogP) is 7.32. The van der Waals surface area contributed by atoms with E-state index in [0.717, 1.165) is 53.5 Å². The Kier molecular flexibility index (Phi) is 10.8. The quantitative estimate of drug-likeness (QED) is 0.159. The van der Waals surface area contributed by atoms with Gasteiger partial charge in [0.05, 0.1) is 10.8 Å². The smallest absolute Gasteiger partial charge is 0.233 e. The number of nitrogens with zero attached hydrogens (tertiary/aromatic N) is 3. The van der Waals surface area contributed by atoms with Crippen LogP contribution < -0.4 is 15.5 Å². The Balaban J connectivity index is 1.15. The molecular formula is C35H40ClN5O2S. The monoisotopic (exact) mass is 629 g/mol. The molecule has 0 spiro atoms. The fourth-order valence-electron chi connectivity index (χ4n) is 5.55. The maximum absolute atomic E-state index is 13.4. The Morgan fingerprint density at radius 2 is 1.66 bits per heavy atom. The molecule has 230 valence electrons. The van der Waals surface area contributed by atoms with E-state index in [2.05, 4.69) is 10.6 Å². The number of rotatable bonds is 12. The third kappa shape index (κ3) is 8.51. The average Bonchev–Trinajstić information content (AvgIpc) is 3.03. The minimum absolute atomic E-state index is 0.0197. The third-order valence-corrected chi connectivity index (χ3v) is 9.69. The van der Waals surface area contributed by atoms with E-state index in [4.69, 9.17) is 21.6 Å². The van der Waals surface area contributed by atoms with Gasteiger partial charge in [0.2, 0.25) is 11.9 Å². The molecule has 5 rings (SSSR count). The van der Waals surface area contributed by atoms with Crippen LogP contribution in [0, 0.1) is 12.8 Å². The molecule has 0 radical (unpaired) electrons. The van der Waals surface area contributed by atoms with E-state index in [0.29, 0.717) is 34.7 Å². The second-order valence-electron chi connectivity index (χ2n) is 11.8. The molecule has 1 saturated carbocycles. The first kappa shape index (κ1) is 31.8. The normalized spacial score (nSPS) is 17.2. The number of carbonyl (C=O) groups is 2. The first-order chi connectivity index (χ1) is 21.2. The number of thioether (sulfide) groups is 1. The number of carbonyl (C=O) groups excluding carboxylic acids is 2. The number of Topliss-reactive ketones (excluding diaryl/α,β-unsaturated/α-hetero) is 1.